The summed E-state index contributed by atoms with van der Waals surface area (Å²) in [4.78, 5) is 37.3. The standard InChI is InChI=1S/C23H26N4O4/c1-15-12-25-19(13-24-15)22(28)26-10-8-17(9-11-26)20-21(31-3)23(29)27(20)14-16-4-6-18(30-2)7-5-16/h4-8,12-13,20-21H,9-11,14H2,1-3H3/t20-,21+/m0/s1. The Kier molecular flexibility index (Phi) is 5.99. The van der Waals surface area contributed by atoms with Gasteiger partial charge in [0.05, 0.1) is 25.0 Å². The van der Waals surface area contributed by atoms with Crippen molar-refractivity contribution in [1.29, 1.82) is 0 Å². The van der Waals surface area contributed by atoms with Gasteiger partial charge in [-0.1, -0.05) is 18.2 Å². The first kappa shape index (κ1) is 21.0. The van der Waals surface area contributed by atoms with Gasteiger partial charge in [0, 0.05) is 32.9 Å². The van der Waals surface area contributed by atoms with Crippen molar-refractivity contribution in [3.8, 4) is 5.75 Å². The Bertz CT molecular complexity index is 988. The summed E-state index contributed by atoms with van der Waals surface area (Å²) in [6, 6.07) is 7.58. The van der Waals surface area contributed by atoms with Crippen LogP contribution in [-0.2, 0) is 16.1 Å². The molecule has 0 aliphatic carbocycles. The van der Waals surface area contributed by atoms with E-state index in [4.69, 9.17) is 9.47 Å². The average molecular weight is 422 g/mol. The number of benzene rings is 1. The summed E-state index contributed by atoms with van der Waals surface area (Å²) >= 11 is 0. The number of carbonyl (C=O) groups excluding carboxylic acids is 2. The van der Waals surface area contributed by atoms with Gasteiger partial charge >= 0.3 is 0 Å². The number of carbonyl (C=O) groups is 2. The van der Waals surface area contributed by atoms with Crippen LogP contribution in [0.5, 0.6) is 5.75 Å². The Hall–Kier alpha value is -3.26. The number of rotatable bonds is 6. The minimum atomic E-state index is -0.477. The van der Waals surface area contributed by atoms with Gasteiger partial charge in [0.1, 0.15) is 11.4 Å². The maximum absolute atomic E-state index is 12.7. The molecule has 3 heterocycles. The molecule has 31 heavy (non-hydrogen) atoms. The molecule has 2 amide bonds. The monoisotopic (exact) mass is 422 g/mol. The number of nitrogens with zero attached hydrogens (tertiary/aromatic N) is 4. The fourth-order valence-electron chi connectivity index (χ4n) is 4.05. The number of hydrogen-bond acceptors (Lipinski definition) is 6. The third-order valence-corrected chi connectivity index (χ3v) is 5.83. The van der Waals surface area contributed by atoms with Crippen molar-refractivity contribution in [1.82, 2.24) is 19.8 Å². The molecule has 8 heteroatoms. The minimum Gasteiger partial charge on any atom is -0.497 e. The molecule has 8 nitrogen and oxygen atoms in total. The van der Waals surface area contributed by atoms with Crippen LogP contribution in [0.15, 0.2) is 48.3 Å². The van der Waals surface area contributed by atoms with E-state index in [0.29, 0.717) is 31.7 Å². The number of likely N-dealkylation sites (tertiary alicyclic amines) is 1. The second-order valence-corrected chi connectivity index (χ2v) is 7.74. The van der Waals surface area contributed by atoms with Crippen LogP contribution in [-0.4, -0.2) is 71.0 Å². The molecule has 2 aliphatic rings. The molecule has 1 aromatic carbocycles. The maximum atomic E-state index is 12.7. The Balaban J connectivity index is 1.45. The van der Waals surface area contributed by atoms with Crippen LogP contribution in [0.25, 0.3) is 0 Å². The van der Waals surface area contributed by atoms with E-state index in [9.17, 15) is 9.59 Å². The number of amides is 2. The highest BCUT2D eigenvalue weighted by Gasteiger charge is 2.49. The molecule has 0 spiro atoms. The topological polar surface area (TPSA) is 84.9 Å². The van der Waals surface area contributed by atoms with Crippen molar-refractivity contribution in [2.45, 2.75) is 32.0 Å². The first-order chi connectivity index (χ1) is 15.0. The molecule has 4 rings (SSSR count). The van der Waals surface area contributed by atoms with Gasteiger partial charge < -0.3 is 19.3 Å². The molecule has 1 aromatic heterocycles. The molecular weight excluding hydrogens is 396 g/mol. The van der Waals surface area contributed by atoms with Gasteiger partial charge in [0.2, 0.25) is 0 Å². The molecule has 0 radical (unpaired) electrons. The lowest BCUT2D eigenvalue weighted by molar-refractivity contribution is -0.168. The highest BCUT2D eigenvalue weighted by atomic mass is 16.5. The van der Waals surface area contributed by atoms with Crippen molar-refractivity contribution in [3.05, 3.63) is 65.3 Å². The fraction of sp³-hybridized carbons (Fsp3) is 0.391. The fourth-order valence-corrected chi connectivity index (χ4v) is 4.05. The van der Waals surface area contributed by atoms with Crippen molar-refractivity contribution in [2.75, 3.05) is 27.3 Å². The van der Waals surface area contributed by atoms with E-state index in [2.05, 4.69) is 9.97 Å². The van der Waals surface area contributed by atoms with Crippen LogP contribution in [0.4, 0.5) is 0 Å². The number of aryl methyl sites for hydroxylation is 1. The molecule has 0 saturated carbocycles. The zero-order chi connectivity index (χ0) is 22.0. The molecule has 2 aromatic rings. The summed E-state index contributed by atoms with van der Waals surface area (Å²) in [5, 5.41) is 0. The summed E-state index contributed by atoms with van der Waals surface area (Å²) in [6.45, 7) is 3.38. The van der Waals surface area contributed by atoms with E-state index in [1.807, 2.05) is 42.2 Å². The molecular formula is C23H26N4O4. The van der Waals surface area contributed by atoms with Gasteiger partial charge in [-0.25, -0.2) is 4.98 Å². The van der Waals surface area contributed by atoms with Gasteiger partial charge in [0.15, 0.2) is 6.10 Å². The maximum Gasteiger partial charge on any atom is 0.274 e. The van der Waals surface area contributed by atoms with Gasteiger partial charge in [0.25, 0.3) is 11.8 Å². The average Bonchev–Trinajstić information content (AvgIpc) is 2.81. The number of ether oxygens (including phenoxy) is 2. The lowest BCUT2D eigenvalue weighted by Gasteiger charge is -2.48. The van der Waals surface area contributed by atoms with E-state index in [1.54, 1.807) is 25.3 Å². The summed E-state index contributed by atoms with van der Waals surface area (Å²) in [7, 11) is 3.19. The van der Waals surface area contributed by atoms with E-state index in [1.165, 1.54) is 6.20 Å². The van der Waals surface area contributed by atoms with Crippen LogP contribution in [0, 0.1) is 6.92 Å². The number of β-lactam (4-membered cyclic amide) rings is 1. The lowest BCUT2D eigenvalue weighted by Crippen LogP contribution is -2.66. The van der Waals surface area contributed by atoms with Crippen LogP contribution in [0.3, 0.4) is 0 Å². The highest BCUT2D eigenvalue weighted by Crippen LogP contribution is 2.33. The Morgan fingerprint density at radius 2 is 1.94 bits per heavy atom. The van der Waals surface area contributed by atoms with E-state index in [-0.39, 0.29) is 17.9 Å². The summed E-state index contributed by atoms with van der Waals surface area (Å²) in [5.74, 6) is 0.631. The van der Waals surface area contributed by atoms with Crippen molar-refractivity contribution < 1.29 is 19.1 Å². The van der Waals surface area contributed by atoms with Gasteiger partial charge in [-0.05, 0) is 36.6 Å². The quantitative estimate of drug-likeness (QED) is 0.523. The smallest absolute Gasteiger partial charge is 0.274 e. The predicted molar refractivity (Wildman–Crippen MR) is 114 cm³/mol. The second kappa shape index (κ2) is 8.85. The third-order valence-electron chi connectivity index (χ3n) is 5.83. The molecule has 162 valence electrons. The third kappa shape index (κ3) is 4.16. The second-order valence-electron chi connectivity index (χ2n) is 7.74. The Morgan fingerprint density at radius 3 is 2.52 bits per heavy atom. The Morgan fingerprint density at radius 1 is 1.16 bits per heavy atom. The molecule has 2 aliphatic heterocycles. The summed E-state index contributed by atoms with van der Waals surface area (Å²) in [5.41, 5.74) is 3.27. The van der Waals surface area contributed by atoms with Crippen molar-refractivity contribution >= 4 is 11.8 Å². The zero-order valence-electron chi connectivity index (χ0n) is 17.9. The first-order valence-electron chi connectivity index (χ1n) is 10.2. The van der Waals surface area contributed by atoms with Crippen molar-refractivity contribution in [2.24, 2.45) is 0 Å². The van der Waals surface area contributed by atoms with E-state index < -0.39 is 6.10 Å². The molecule has 1 saturated heterocycles. The number of hydrogen-bond donors (Lipinski definition) is 0. The van der Waals surface area contributed by atoms with Gasteiger partial charge in [-0.2, -0.15) is 0 Å². The lowest BCUT2D eigenvalue weighted by atomic mass is 9.86. The van der Waals surface area contributed by atoms with Crippen LogP contribution in [0.2, 0.25) is 0 Å². The van der Waals surface area contributed by atoms with E-state index in [0.717, 1.165) is 22.6 Å². The Labute approximate surface area is 181 Å². The van der Waals surface area contributed by atoms with Crippen LogP contribution in [0.1, 0.15) is 28.2 Å². The SMILES string of the molecule is COc1ccc(CN2C(=O)[C@H](OC)[C@@H]2C2=CCN(C(=O)c3cnc(C)cn3)CC2)cc1. The molecule has 0 unspecified atom stereocenters. The van der Waals surface area contributed by atoms with E-state index >= 15 is 0 Å². The largest absolute Gasteiger partial charge is 0.497 e. The first-order valence-corrected chi connectivity index (χ1v) is 10.2. The highest BCUT2D eigenvalue weighted by molar-refractivity contribution is 5.92. The molecule has 0 bridgehead atoms. The normalized spacial score (nSPS) is 20.9. The van der Waals surface area contributed by atoms with Crippen LogP contribution >= 0.6 is 0 Å². The molecule has 1 fully saturated rings. The summed E-state index contributed by atoms with van der Waals surface area (Å²) < 4.78 is 10.7. The zero-order valence-corrected chi connectivity index (χ0v) is 17.9. The number of aromatic nitrogens is 2. The van der Waals surface area contributed by atoms with Crippen molar-refractivity contribution in [3.63, 3.8) is 0 Å². The minimum absolute atomic E-state index is 0.0161. The summed E-state index contributed by atoms with van der Waals surface area (Å²) in [6.07, 6.45) is 5.35. The molecule has 2 atom stereocenters. The van der Waals surface area contributed by atoms with Crippen LogP contribution < -0.4 is 4.74 Å². The predicted octanol–water partition coefficient (Wildman–Crippen LogP) is 1.99. The number of methoxy groups -OCH3 is 2. The molecule has 0 N–H and O–H groups in total. The van der Waals surface area contributed by atoms with Gasteiger partial charge in [-0.15, -0.1) is 0 Å². The van der Waals surface area contributed by atoms with Gasteiger partial charge in [-0.3, -0.25) is 14.6 Å².